The summed E-state index contributed by atoms with van der Waals surface area (Å²) in [5, 5.41) is 0. The van der Waals surface area contributed by atoms with Gasteiger partial charge in [-0.2, -0.15) is 0 Å². The number of halogens is 3. The summed E-state index contributed by atoms with van der Waals surface area (Å²) in [6, 6.07) is 16.8. The highest BCUT2D eigenvalue weighted by atomic mass is 35.6. The highest BCUT2D eigenvalue weighted by Crippen LogP contribution is 2.44. The number of carbonyl (C=O) groups excluding carboxylic acids is 1. The minimum absolute atomic E-state index is 0.228. The predicted molar refractivity (Wildman–Crippen MR) is 102 cm³/mol. The van der Waals surface area contributed by atoms with Crippen LogP contribution in [0.4, 0.5) is 0 Å². The lowest BCUT2D eigenvalue weighted by Crippen LogP contribution is -2.28. The molecule has 0 aliphatic carbocycles. The van der Waals surface area contributed by atoms with E-state index in [1.807, 2.05) is 55.5 Å². The average Bonchev–Trinajstić information content (AvgIpc) is 3.06. The lowest BCUT2D eigenvalue weighted by atomic mass is 9.92. The topological polar surface area (TPSA) is 34.9 Å². The van der Waals surface area contributed by atoms with Crippen LogP contribution in [0.15, 0.2) is 67.0 Å². The number of rotatable bonds is 4. The van der Waals surface area contributed by atoms with E-state index in [1.54, 1.807) is 23.0 Å². The number of alkyl halides is 3. The van der Waals surface area contributed by atoms with Crippen LogP contribution in [0, 0.1) is 6.92 Å². The molecule has 0 N–H and O–H groups in total. The van der Waals surface area contributed by atoms with Crippen LogP contribution in [-0.2, 0) is 0 Å². The van der Waals surface area contributed by atoms with E-state index in [9.17, 15) is 4.79 Å². The smallest absolute Gasteiger partial charge is 0.210 e. The summed E-state index contributed by atoms with van der Waals surface area (Å²) in [7, 11) is 0. The Bertz CT molecular complexity index is 885. The molecule has 0 saturated carbocycles. The van der Waals surface area contributed by atoms with Gasteiger partial charge in [-0.25, -0.2) is 4.98 Å². The van der Waals surface area contributed by atoms with Gasteiger partial charge in [0.05, 0.1) is 5.92 Å². The fraction of sp³-hybridized carbons (Fsp3) is 0.158. The zero-order chi connectivity index (χ0) is 18.0. The molecule has 3 aromatic rings. The van der Waals surface area contributed by atoms with Gasteiger partial charge in [0.25, 0.3) is 0 Å². The minimum atomic E-state index is -1.79. The number of Topliss-reactive ketones (excluding diaryl/α,β-unsaturated/α-hetero) is 1. The SMILES string of the molecule is Cc1ccccc1[C@H](C(=O)c1nccn1-c1ccccc1)C(Cl)(Cl)Cl. The van der Waals surface area contributed by atoms with E-state index in [-0.39, 0.29) is 11.6 Å². The molecule has 1 atom stereocenters. The highest BCUT2D eigenvalue weighted by molar-refractivity contribution is 6.69. The van der Waals surface area contributed by atoms with Crippen molar-refractivity contribution in [2.45, 2.75) is 16.6 Å². The summed E-state index contributed by atoms with van der Waals surface area (Å²) in [5.41, 5.74) is 2.37. The van der Waals surface area contributed by atoms with Gasteiger partial charge in [-0.1, -0.05) is 77.3 Å². The van der Waals surface area contributed by atoms with Crippen LogP contribution in [0.2, 0.25) is 0 Å². The quantitative estimate of drug-likeness (QED) is 0.432. The second kappa shape index (κ2) is 7.20. The third-order valence-electron chi connectivity index (χ3n) is 3.98. The van der Waals surface area contributed by atoms with E-state index < -0.39 is 9.71 Å². The van der Waals surface area contributed by atoms with E-state index in [2.05, 4.69) is 4.98 Å². The first-order valence-electron chi connectivity index (χ1n) is 7.65. The Morgan fingerprint density at radius 3 is 2.32 bits per heavy atom. The molecule has 0 saturated heterocycles. The average molecular weight is 394 g/mol. The van der Waals surface area contributed by atoms with Crippen molar-refractivity contribution < 1.29 is 4.79 Å². The molecule has 0 spiro atoms. The van der Waals surface area contributed by atoms with Crippen molar-refractivity contribution in [2.75, 3.05) is 0 Å². The van der Waals surface area contributed by atoms with Gasteiger partial charge in [-0.3, -0.25) is 9.36 Å². The van der Waals surface area contributed by atoms with Crippen molar-refractivity contribution in [3.05, 3.63) is 83.9 Å². The number of hydrogen-bond acceptors (Lipinski definition) is 2. The standard InChI is InChI=1S/C19H15Cl3N2O/c1-13-7-5-6-10-15(13)16(19(20,21)22)17(25)18-23-11-12-24(18)14-8-3-2-4-9-14/h2-12,16H,1H3/t16-/m1/s1. The predicted octanol–water partition coefficient (Wildman–Crippen LogP) is 5.52. The molecule has 3 nitrogen and oxygen atoms in total. The summed E-state index contributed by atoms with van der Waals surface area (Å²) >= 11 is 18.6. The molecule has 128 valence electrons. The fourth-order valence-electron chi connectivity index (χ4n) is 2.79. The largest absolute Gasteiger partial charge is 0.297 e. The Morgan fingerprint density at radius 1 is 1.04 bits per heavy atom. The summed E-state index contributed by atoms with van der Waals surface area (Å²) in [6.07, 6.45) is 3.28. The number of para-hydroxylation sites is 1. The molecule has 6 heteroatoms. The van der Waals surface area contributed by atoms with Gasteiger partial charge in [-0.05, 0) is 30.2 Å². The van der Waals surface area contributed by atoms with Crippen LogP contribution in [-0.4, -0.2) is 19.1 Å². The molecule has 0 aliphatic heterocycles. The second-order valence-electron chi connectivity index (χ2n) is 5.65. The molecular weight excluding hydrogens is 379 g/mol. The zero-order valence-corrected chi connectivity index (χ0v) is 15.6. The molecule has 3 rings (SSSR count). The second-order valence-corrected chi connectivity index (χ2v) is 8.02. The number of hydrogen-bond donors (Lipinski definition) is 0. The van der Waals surface area contributed by atoms with Crippen LogP contribution in [0.1, 0.15) is 27.7 Å². The molecule has 1 aromatic heterocycles. The number of aromatic nitrogens is 2. The lowest BCUT2D eigenvalue weighted by Gasteiger charge is -2.25. The normalized spacial score (nSPS) is 12.8. The van der Waals surface area contributed by atoms with Crippen molar-refractivity contribution in [3.63, 3.8) is 0 Å². The maximum atomic E-state index is 13.3. The molecule has 2 aromatic carbocycles. The van der Waals surface area contributed by atoms with Gasteiger partial charge in [0.2, 0.25) is 9.58 Å². The summed E-state index contributed by atoms with van der Waals surface area (Å²) in [5.74, 6) is -1.07. The summed E-state index contributed by atoms with van der Waals surface area (Å²) < 4.78 is -0.0965. The lowest BCUT2D eigenvalue weighted by molar-refractivity contribution is 0.0948. The molecule has 0 fully saturated rings. The number of aryl methyl sites for hydroxylation is 1. The monoisotopic (exact) mass is 392 g/mol. The van der Waals surface area contributed by atoms with Crippen molar-refractivity contribution in [1.82, 2.24) is 9.55 Å². The molecule has 0 bridgehead atoms. The van der Waals surface area contributed by atoms with Crippen LogP contribution in [0.5, 0.6) is 0 Å². The Kier molecular flexibility index (Phi) is 5.19. The summed E-state index contributed by atoms with van der Waals surface area (Å²) in [6.45, 7) is 1.88. The molecule has 0 amide bonds. The zero-order valence-electron chi connectivity index (χ0n) is 13.4. The Morgan fingerprint density at radius 2 is 1.68 bits per heavy atom. The third kappa shape index (κ3) is 3.74. The maximum absolute atomic E-state index is 13.3. The van der Waals surface area contributed by atoms with Gasteiger partial charge in [0, 0.05) is 18.1 Å². The fourth-order valence-corrected chi connectivity index (χ4v) is 3.44. The van der Waals surface area contributed by atoms with Crippen molar-refractivity contribution in [2.24, 2.45) is 0 Å². The van der Waals surface area contributed by atoms with E-state index in [4.69, 9.17) is 34.8 Å². The van der Waals surface area contributed by atoms with Crippen molar-refractivity contribution in [3.8, 4) is 5.69 Å². The van der Waals surface area contributed by atoms with Crippen LogP contribution in [0.25, 0.3) is 5.69 Å². The molecule has 1 heterocycles. The molecule has 25 heavy (non-hydrogen) atoms. The number of carbonyl (C=O) groups is 1. The number of benzene rings is 2. The maximum Gasteiger partial charge on any atom is 0.210 e. The molecule has 0 unspecified atom stereocenters. The van der Waals surface area contributed by atoms with Gasteiger partial charge in [-0.15, -0.1) is 0 Å². The van der Waals surface area contributed by atoms with Gasteiger partial charge in [0.15, 0.2) is 5.82 Å². The molecule has 0 aliphatic rings. The Balaban J connectivity index is 2.10. The van der Waals surface area contributed by atoms with E-state index in [0.717, 1.165) is 11.3 Å². The minimum Gasteiger partial charge on any atom is -0.297 e. The van der Waals surface area contributed by atoms with E-state index in [0.29, 0.717) is 5.56 Å². The molecule has 0 radical (unpaired) electrons. The van der Waals surface area contributed by atoms with Crippen LogP contribution in [0.3, 0.4) is 0 Å². The first-order valence-corrected chi connectivity index (χ1v) is 8.78. The van der Waals surface area contributed by atoms with Gasteiger partial charge in [0.1, 0.15) is 0 Å². The van der Waals surface area contributed by atoms with Gasteiger partial charge >= 0.3 is 0 Å². The van der Waals surface area contributed by atoms with Crippen LogP contribution >= 0.6 is 34.8 Å². The number of nitrogens with zero attached hydrogens (tertiary/aromatic N) is 2. The van der Waals surface area contributed by atoms with Gasteiger partial charge < -0.3 is 0 Å². The first kappa shape index (κ1) is 18.0. The Hall–Kier alpha value is -1.81. The molecular formula is C19H15Cl3N2O. The van der Waals surface area contributed by atoms with Crippen LogP contribution < -0.4 is 0 Å². The van der Waals surface area contributed by atoms with Crippen molar-refractivity contribution in [1.29, 1.82) is 0 Å². The summed E-state index contributed by atoms with van der Waals surface area (Å²) in [4.78, 5) is 17.5. The van der Waals surface area contributed by atoms with Crippen molar-refractivity contribution >= 4 is 40.6 Å². The first-order chi connectivity index (χ1) is 11.9. The highest BCUT2D eigenvalue weighted by Gasteiger charge is 2.42. The van der Waals surface area contributed by atoms with E-state index >= 15 is 0 Å². The third-order valence-corrected chi connectivity index (χ3v) is 4.64. The van der Waals surface area contributed by atoms with E-state index in [1.165, 1.54) is 0 Å². The number of imidazole rings is 1. The number of ketones is 1. The Labute approximate surface area is 161 Å².